The summed E-state index contributed by atoms with van der Waals surface area (Å²) in [5.41, 5.74) is 0.292. The largest absolute Gasteiger partial charge is 0.440 e. The monoisotopic (exact) mass is 337 g/mol. The molecule has 8 heteroatoms. The molecule has 0 unspecified atom stereocenters. The van der Waals surface area contributed by atoms with Crippen LogP contribution in [0.15, 0.2) is 27.1 Å². The minimum atomic E-state index is -0.219. The fraction of sp³-hybridized carbons (Fsp3) is 0.400. The molecular weight excluding hydrogens is 322 g/mol. The van der Waals surface area contributed by atoms with Gasteiger partial charge in [0, 0.05) is 32.2 Å². The molecule has 0 saturated carbocycles. The highest BCUT2D eigenvalue weighted by atomic mass is 35.5. The number of aryl methyl sites for hydroxylation is 1. The molecule has 0 aliphatic carbocycles. The lowest BCUT2D eigenvalue weighted by atomic mass is 10.3. The van der Waals surface area contributed by atoms with Crippen molar-refractivity contribution in [2.24, 2.45) is 0 Å². The topological polar surface area (TPSA) is 79.8 Å². The maximum absolute atomic E-state index is 12.4. The van der Waals surface area contributed by atoms with E-state index in [4.69, 9.17) is 20.5 Å². The number of rotatable bonds is 2. The van der Waals surface area contributed by atoms with Gasteiger partial charge in [0.2, 0.25) is 0 Å². The van der Waals surface area contributed by atoms with E-state index in [1.54, 1.807) is 28.9 Å². The Labute approximate surface area is 137 Å². The fourth-order valence-corrected chi connectivity index (χ4v) is 2.68. The number of hydrogen-bond acceptors (Lipinski definition) is 5. The third-order valence-electron chi connectivity index (χ3n) is 3.70. The molecule has 0 atom stereocenters. The molecule has 0 radical (unpaired) electrons. The Morgan fingerprint density at radius 2 is 1.83 bits per heavy atom. The Kier molecular flexibility index (Phi) is 4.38. The molecule has 0 bridgehead atoms. The molecule has 0 spiro atoms. The molecule has 122 valence electrons. The van der Waals surface area contributed by atoms with E-state index in [9.17, 15) is 9.59 Å². The van der Waals surface area contributed by atoms with E-state index in [1.165, 1.54) is 6.07 Å². The maximum Gasteiger partial charge on any atom is 0.289 e. The summed E-state index contributed by atoms with van der Waals surface area (Å²) in [4.78, 5) is 28.1. The average molecular weight is 338 g/mol. The Bertz CT molecular complexity index is 664. The summed E-state index contributed by atoms with van der Waals surface area (Å²) in [5, 5.41) is 3.93. The van der Waals surface area contributed by atoms with Gasteiger partial charge in [-0.1, -0.05) is 5.16 Å². The smallest absolute Gasteiger partial charge is 0.289 e. The van der Waals surface area contributed by atoms with Crippen molar-refractivity contribution < 1.29 is 18.5 Å². The number of carbonyl (C=O) groups excluding carboxylic acids is 2. The van der Waals surface area contributed by atoms with E-state index in [0.717, 1.165) is 0 Å². The molecule has 7 nitrogen and oxygen atoms in total. The molecule has 1 fully saturated rings. The standard InChI is InChI=1S/C15H16ClN3O4/c1-10-9-11(17-23-10)14(20)18-5-2-6-19(8-7-18)15(21)12-3-4-13(16)22-12/h3-4,9H,2,5-8H2,1H3. The van der Waals surface area contributed by atoms with Crippen LogP contribution in [-0.2, 0) is 0 Å². The summed E-state index contributed by atoms with van der Waals surface area (Å²) in [6.07, 6.45) is 0.683. The second-order valence-electron chi connectivity index (χ2n) is 5.36. The number of carbonyl (C=O) groups is 2. The van der Waals surface area contributed by atoms with Crippen LogP contribution in [-0.4, -0.2) is 52.9 Å². The third-order valence-corrected chi connectivity index (χ3v) is 3.90. The van der Waals surface area contributed by atoms with E-state index in [0.29, 0.717) is 44.1 Å². The van der Waals surface area contributed by atoms with E-state index in [1.807, 2.05) is 0 Å². The van der Waals surface area contributed by atoms with Crippen LogP contribution >= 0.6 is 11.6 Å². The van der Waals surface area contributed by atoms with Crippen molar-refractivity contribution in [1.82, 2.24) is 15.0 Å². The molecule has 0 N–H and O–H groups in total. The highest BCUT2D eigenvalue weighted by Gasteiger charge is 2.26. The van der Waals surface area contributed by atoms with Gasteiger partial charge in [-0.25, -0.2) is 0 Å². The lowest BCUT2D eigenvalue weighted by molar-refractivity contribution is 0.0696. The summed E-state index contributed by atoms with van der Waals surface area (Å²) >= 11 is 5.70. The first-order valence-electron chi connectivity index (χ1n) is 7.32. The molecular formula is C15H16ClN3O4. The van der Waals surface area contributed by atoms with Gasteiger partial charge in [0.05, 0.1) is 0 Å². The average Bonchev–Trinajstić information content (AvgIpc) is 3.07. The number of furan rings is 1. The zero-order valence-corrected chi connectivity index (χ0v) is 13.4. The van der Waals surface area contributed by atoms with Crippen LogP contribution in [0, 0.1) is 6.92 Å². The van der Waals surface area contributed by atoms with Crippen LogP contribution in [0.2, 0.25) is 5.22 Å². The van der Waals surface area contributed by atoms with E-state index in [2.05, 4.69) is 5.16 Å². The van der Waals surface area contributed by atoms with Crippen molar-refractivity contribution in [3.05, 3.63) is 40.6 Å². The first-order chi connectivity index (χ1) is 11.0. The highest BCUT2D eigenvalue weighted by molar-refractivity contribution is 6.29. The van der Waals surface area contributed by atoms with Crippen molar-refractivity contribution in [3.8, 4) is 0 Å². The van der Waals surface area contributed by atoms with Gasteiger partial charge in [-0.05, 0) is 37.1 Å². The normalized spacial score (nSPS) is 15.6. The Hall–Kier alpha value is -2.28. The van der Waals surface area contributed by atoms with Crippen molar-refractivity contribution >= 4 is 23.4 Å². The van der Waals surface area contributed by atoms with Gasteiger partial charge in [0.15, 0.2) is 16.7 Å². The second kappa shape index (κ2) is 6.45. The molecule has 2 amide bonds. The van der Waals surface area contributed by atoms with Crippen LogP contribution in [0.5, 0.6) is 0 Å². The van der Waals surface area contributed by atoms with Gasteiger partial charge in [-0.15, -0.1) is 0 Å². The number of halogens is 1. The van der Waals surface area contributed by atoms with Gasteiger partial charge >= 0.3 is 0 Å². The third kappa shape index (κ3) is 3.39. The van der Waals surface area contributed by atoms with Crippen molar-refractivity contribution in [3.63, 3.8) is 0 Å². The van der Waals surface area contributed by atoms with E-state index in [-0.39, 0.29) is 22.8 Å². The first-order valence-corrected chi connectivity index (χ1v) is 7.69. The SMILES string of the molecule is Cc1cc(C(=O)N2CCCN(C(=O)c3ccc(Cl)o3)CC2)no1. The Morgan fingerprint density at radius 3 is 2.39 bits per heavy atom. The summed E-state index contributed by atoms with van der Waals surface area (Å²) in [5.74, 6) is 0.400. The predicted molar refractivity (Wildman–Crippen MR) is 81.4 cm³/mol. The van der Waals surface area contributed by atoms with Gasteiger partial charge < -0.3 is 18.7 Å². The van der Waals surface area contributed by atoms with Crippen LogP contribution in [0.4, 0.5) is 0 Å². The molecule has 0 aromatic carbocycles. The number of aromatic nitrogens is 1. The minimum absolute atomic E-state index is 0.182. The quantitative estimate of drug-likeness (QED) is 0.839. The number of nitrogens with zero attached hydrogens (tertiary/aromatic N) is 3. The van der Waals surface area contributed by atoms with Crippen LogP contribution in [0.25, 0.3) is 0 Å². The summed E-state index contributed by atoms with van der Waals surface area (Å²) in [6.45, 7) is 3.72. The number of hydrogen-bond donors (Lipinski definition) is 0. The van der Waals surface area contributed by atoms with Crippen LogP contribution < -0.4 is 0 Å². The summed E-state index contributed by atoms with van der Waals surface area (Å²) in [7, 11) is 0. The second-order valence-corrected chi connectivity index (χ2v) is 5.74. The Balaban J connectivity index is 1.65. The molecule has 3 rings (SSSR count). The first kappa shape index (κ1) is 15.6. The highest BCUT2D eigenvalue weighted by Crippen LogP contribution is 2.17. The van der Waals surface area contributed by atoms with Gasteiger partial charge in [-0.3, -0.25) is 9.59 Å². The minimum Gasteiger partial charge on any atom is -0.440 e. The zero-order chi connectivity index (χ0) is 16.4. The molecule has 2 aromatic heterocycles. The van der Waals surface area contributed by atoms with Crippen molar-refractivity contribution in [2.75, 3.05) is 26.2 Å². The van der Waals surface area contributed by atoms with E-state index < -0.39 is 0 Å². The van der Waals surface area contributed by atoms with E-state index >= 15 is 0 Å². The van der Waals surface area contributed by atoms with Gasteiger partial charge in [0.25, 0.3) is 11.8 Å². The fourth-order valence-electron chi connectivity index (χ4n) is 2.54. The number of amides is 2. The van der Waals surface area contributed by atoms with Crippen LogP contribution in [0.3, 0.4) is 0 Å². The molecule has 23 heavy (non-hydrogen) atoms. The molecule has 1 aliphatic rings. The molecule has 1 saturated heterocycles. The summed E-state index contributed by atoms with van der Waals surface area (Å²) in [6, 6.07) is 4.70. The molecule has 3 heterocycles. The maximum atomic E-state index is 12.4. The van der Waals surface area contributed by atoms with Gasteiger partial charge in [-0.2, -0.15) is 0 Å². The summed E-state index contributed by atoms with van der Waals surface area (Å²) < 4.78 is 10.1. The van der Waals surface area contributed by atoms with Crippen molar-refractivity contribution in [1.29, 1.82) is 0 Å². The van der Waals surface area contributed by atoms with Crippen molar-refractivity contribution in [2.45, 2.75) is 13.3 Å². The van der Waals surface area contributed by atoms with Gasteiger partial charge in [0.1, 0.15) is 5.76 Å². The van der Waals surface area contributed by atoms with Crippen LogP contribution in [0.1, 0.15) is 33.2 Å². The Morgan fingerprint density at radius 1 is 1.13 bits per heavy atom. The molecule has 2 aromatic rings. The predicted octanol–water partition coefficient (Wildman–Crippen LogP) is 2.22. The lowest BCUT2D eigenvalue weighted by Gasteiger charge is -2.20. The lowest BCUT2D eigenvalue weighted by Crippen LogP contribution is -2.37. The zero-order valence-electron chi connectivity index (χ0n) is 12.6. The molecule has 1 aliphatic heterocycles.